The lowest BCUT2D eigenvalue weighted by Gasteiger charge is -2.09. The van der Waals surface area contributed by atoms with Gasteiger partial charge in [0.05, 0.1) is 11.1 Å². The molecule has 0 amide bonds. The molecular weight excluding hydrogens is 238 g/mol. The van der Waals surface area contributed by atoms with Crippen molar-refractivity contribution in [3.63, 3.8) is 0 Å². The summed E-state index contributed by atoms with van der Waals surface area (Å²) in [4.78, 5) is 10.7. The molecule has 2 aromatic carbocycles. The Morgan fingerprint density at radius 2 is 1.67 bits per heavy atom. The van der Waals surface area contributed by atoms with Gasteiger partial charge in [-0.15, -0.1) is 0 Å². The highest BCUT2D eigenvalue weighted by Crippen LogP contribution is 2.19. The summed E-state index contributed by atoms with van der Waals surface area (Å²) in [5, 5.41) is 0. The molecule has 92 valence electrons. The van der Waals surface area contributed by atoms with Crippen LogP contribution in [0.5, 0.6) is 5.75 Å². The molecule has 0 fully saturated rings. The average Bonchev–Trinajstić information content (AvgIpc) is 2.38. The highest BCUT2D eigenvalue weighted by atomic mass is 19.1. The van der Waals surface area contributed by atoms with Gasteiger partial charge in [0.1, 0.15) is 24.0 Å². The van der Waals surface area contributed by atoms with Crippen molar-refractivity contribution in [1.29, 1.82) is 0 Å². The van der Waals surface area contributed by atoms with E-state index in [0.29, 0.717) is 17.6 Å². The van der Waals surface area contributed by atoms with E-state index in [9.17, 15) is 13.6 Å². The van der Waals surface area contributed by atoms with Gasteiger partial charge in [0.2, 0.25) is 0 Å². The third-order valence-electron chi connectivity index (χ3n) is 2.48. The van der Waals surface area contributed by atoms with E-state index < -0.39 is 11.6 Å². The molecule has 0 N–H and O–H groups in total. The second kappa shape index (κ2) is 5.40. The topological polar surface area (TPSA) is 26.3 Å². The zero-order chi connectivity index (χ0) is 13.0. The van der Waals surface area contributed by atoms with E-state index in [0.717, 1.165) is 12.1 Å². The van der Waals surface area contributed by atoms with Crippen molar-refractivity contribution in [2.45, 2.75) is 6.61 Å². The molecule has 0 aliphatic rings. The van der Waals surface area contributed by atoms with Crippen LogP contribution < -0.4 is 4.74 Å². The fraction of sp³-hybridized carbons (Fsp3) is 0.0714. The quantitative estimate of drug-likeness (QED) is 0.775. The summed E-state index contributed by atoms with van der Waals surface area (Å²) < 4.78 is 32.0. The molecule has 0 unspecified atom stereocenters. The molecule has 0 aliphatic heterocycles. The molecular formula is C14H10F2O2. The van der Waals surface area contributed by atoms with Crippen LogP contribution in [-0.2, 0) is 6.61 Å². The number of carbonyl (C=O) groups excluding carboxylic acids is 1. The maximum atomic E-state index is 13.3. The zero-order valence-corrected chi connectivity index (χ0v) is 9.40. The van der Waals surface area contributed by atoms with Crippen molar-refractivity contribution < 1.29 is 18.3 Å². The summed E-state index contributed by atoms with van der Waals surface area (Å²) >= 11 is 0. The fourth-order valence-corrected chi connectivity index (χ4v) is 1.53. The predicted octanol–water partition coefficient (Wildman–Crippen LogP) is 3.36. The van der Waals surface area contributed by atoms with E-state index in [1.807, 2.05) is 0 Å². The van der Waals surface area contributed by atoms with Gasteiger partial charge in [-0.2, -0.15) is 0 Å². The van der Waals surface area contributed by atoms with Crippen LogP contribution in [0, 0.1) is 11.6 Å². The number of para-hydroxylation sites is 1. The van der Waals surface area contributed by atoms with Crippen LogP contribution in [0.2, 0.25) is 0 Å². The molecule has 0 bridgehead atoms. The van der Waals surface area contributed by atoms with E-state index in [4.69, 9.17) is 4.74 Å². The van der Waals surface area contributed by atoms with E-state index in [2.05, 4.69) is 0 Å². The van der Waals surface area contributed by atoms with Gasteiger partial charge in [0.15, 0.2) is 6.29 Å². The molecule has 2 nitrogen and oxygen atoms in total. The van der Waals surface area contributed by atoms with Gasteiger partial charge in [-0.25, -0.2) is 8.78 Å². The van der Waals surface area contributed by atoms with Crippen LogP contribution in [0.1, 0.15) is 15.9 Å². The summed E-state index contributed by atoms with van der Waals surface area (Å²) in [6.45, 7) is -0.261. The van der Waals surface area contributed by atoms with Crippen LogP contribution in [0.25, 0.3) is 0 Å². The molecule has 0 heterocycles. The monoisotopic (exact) mass is 248 g/mol. The van der Waals surface area contributed by atoms with E-state index in [1.165, 1.54) is 6.07 Å². The molecule has 0 aromatic heterocycles. The minimum absolute atomic E-state index is 0.154. The highest BCUT2D eigenvalue weighted by Gasteiger charge is 2.10. The van der Waals surface area contributed by atoms with Crippen molar-refractivity contribution in [3.8, 4) is 5.75 Å². The second-order valence-corrected chi connectivity index (χ2v) is 3.64. The summed E-state index contributed by atoms with van der Waals surface area (Å²) in [6, 6.07) is 10.1. The Balaban J connectivity index is 2.19. The van der Waals surface area contributed by atoms with Crippen molar-refractivity contribution in [3.05, 3.63) is 65.2 Å². The average molecular weight is 248 g/mol. The zero-order valence-electron chi connectivity index (χ0n) is 9.40. The number of carbonyl (C=O) groups is 1. The van der Waals surface area contributed by atoms with Crippen LogP contribution in [0.3, 0.4) is 0 Å². The maximum Gasteiger partial charge on any atom is 0.153 e. The molecule has 0 spiro atoms. The van der Waals surface area contributed by atoms with Crippen molar-refractivity contribution >= 4 is 6.29 Å². The first-order chi connectivity index (χ1) is 8.72. The van der Waals surface area contributed by atoms with Gasteiger partial charge < -0.3 is 4.74 Å². The minimum Gasteiger partial charge on any atom is -0.488 e. The van der Waals surface area contributed by atoms with E-state index >= 15 is 0 Å². The molecule has 4 heteroatoms. The Bertz CT molecular complexity index is 547. The SMILES string of the molecule is O=Cc1ccccc1OCc1c(F)cccc1F. The van der Waals surface area contributed by atoms with Crippen LogP contribution in [0.15, 0.2) is 42.5 Å². The number of aldehydes is 1. The number of halogens is 2. The molecule has 0 saturated carbocycles. The predicted molar refractivity (Wildman–Crippen MR) is 62.5 cm³/mol. The summed E-state index contributed by atoms with van der Waals surface area (Å²) in [5.74, 6) is -1.03. The molecule has 0 saturated heterocycles. The Kier molecular flexibility index (Phi) is 3.67. The number of ether oxygens (including phenoxy) is 1. The van der Waals surface area contributed by atoms with Crippen LogP contribution >= 0.6 is 0 Å². The Morgan fingerprint density at radius 3 is 2.33 bits per heavy atom. The fourth-order valence-electron chi connectivity index (χ4n) is 1.53. The lowest BCUT2D eigenvalue weighted by atomic mass is 10.2. The first kappa shape index (κ1) is 12.2. The normalized spacial score (nSPS) is 10.1. The first-order valence-corrected chi connectivity index (χ1v) is 5.32. The van der Waals surface area contributed by atoms with Crippen molar-refractivity contribution in [1.82, 2.24) is 0 Å². The van der Waals surface area contributed by atoms with Gasteiger partial charge in [-0.1, -0.05) is 18.2 Å². The third-order valence-corrected chi connectivity index (χ3v) is 2.48. The Hall–Kier alpha value is -2.23. The highest BCUT2D eigenvalue weighted by molar-refractivity contribution is 5.79. The Labute approximate surface area is 103 Å². The molecule has 0 aliphatic carbocycles. The van der Waals surface area contributed by atoms with Gasteiger partial charge in [-0.05, 0) is 24.3 Å². The third kappa shape index (κ3) is 2.53. The second-order valence-electron chi connectivity index (χ2n) is 3.64. The van der Waals surface area contributed by atoms with Gasteiger partial charge in [-0.3, -0.25) is 4.79 Å². The molecule has 0 radical (unpaired) electrons. The number of rotatable bonds is 4. The van der Waals surface area contributed by atoms with Crippen LogP contribution in [0.4, 0.5) is 8.78 Å². The molecule has 2 rings (SSSR count). The van der Waals surface area contributed by atoms with Crippen molar-refractivity contribution in [2.75, 3.05) is 0 Å². The number of benzene rings is 2. The first-order valence-electron chi connectivity index (χ1n) is 5.32. The lowest BCUT2D eigenvalue weighted by Crippen LogP contribution is -2.03. The molecule has 2 aromatic rings. The molecule has 18 heavy (non-hydrogen) atoms. The summed E-state index contributed by atoms with van der Waals surface area (Å²) in [5.41, 5.74) is 0.187. The van der Waals surface area contributed by atoms with Gasteiger partial charge >= 0.3 is 0 Å². The van der Waals surface area contributed by atoms with E-state index in [-0.39, 0.29) is 12.2 Å². The summed E-state index contributed by atoms with van der Waals surface area (Å²) in [7, 11) is 0. The number of hydrogen-bond donors (Lipinski definition) is 0. The van der Waals surface area contributed by atoms with E-state index in [1.54, 1.807) is 24.3 Å². The van der Waals surface area contributed by atoms with Crippen LogP contribution in [-0.4, -0.2) is 6.29 Å². The largest absolute Gasteiger partial charge is 0.488 e. The van der Waals surface area contributed by atoms with Crippen molar-refractivity contribution in [2.24, 2.45) is 0 Å². The minimum atomic E-state index is -0.668. The smallest absolute Gasteiger partial charge is 0.153 e. The van der Waals surface area contributed by atoms with Gasteiger partial charge in [0, 0.05) is 0 Å². The maximum absolute atomic E-state index is 13.3. The standard InChI is InChI=1S/C14H10F2O2/c15-12-5-3-6-13(16)11(12)9-18-14-7-2-1-4-10(14)8-17/h1-8H,9H2. The Morgan fingerprint density at radius 1 is 1.00 bits per heavy atom. The summed E-state index contributed by atoms with van der Waals surface area (Å²) in [6.07, 6.45) is 0.632. The van der Waals surface area contributed by atoms with Gasteiger partial charge in [0.25, 0.3) is 0 Å². The molecule has 0 atom stereocenters. The number of hydrogen-bond acceptors (Lipinski definition) is 2. The lowest BCUT2D eigenvalue weighted by molar-refractivity contribution is 0.111.